The van der Waals surface area contributed by atoms with Crippen molar-refractivity contribution < 1.29 is 4.79 Å². The van der Waals surface area contributed by atoms with E-state index in [2.05, 4.69) is 26.2 Å². The van der Waals surface area contributed by atoms with E-state index in [1.54, 1.807) is 0 Å². The highest BCUT2D eigenvalue weighted by molar-refractivity contribution is 14.0. The molecule has 0 radical (unpaired) electrons. The monoisotopic (exact) mass is 493 g/mol. The lowest BCUT2D eigenvalue weighted by Gasteiger charge is -2.38. The summed E-state index contributed by atoms with van der Waals surface area (Å²) in [5, 5.41) is 4.06. The molecule has 0 spiro atoms. The molecule has 1 aliphatic heterocycles. The predicted molar refractivity (Wildman–Crippen MR) is 120 cm³/mol. The molecule has 0 saturated carbocycles. The number of carbonyl (C=O) groups is 1. The van der Waals surface area contributed by atoms with Gasteiger partial charge in [0.2, 0.25) is 5.91 Å². The van der Waals surface area contributed by atoms with Crippen LogP contribution in [0, 0.1) is 5.41 Å². The standard InChI is InChI=1S/C18H28ClN5O.HI/c1-4-21-17(22-13-18(2,3)16(20)25)24-10-8-23(9-11-24)15-7-5-6-14(19)12-15;/h5-7,12H,4,8-11,13H2,1-3H3,(H2,20,25)(H,21,22);1H. The minimum atomic E-state index is -0.650. The van der Waals surface area contributed by atoms with Gasteiger partial charge in [0.1, 0.15) is 0 Å². The number of piperazine rings is 1. The van der Waals surface area contributed by atoms with Crippen LogP contribution in [-0.4, -0.2) is 56.0 Å². The number of carbonyl (C=O) groups excluding carboxylic acids is 1. The van der Waals surface area contributed by atoms with Crippen LogP contribution in [0.5, 0.6) is 0 Å². The van der Waals surface area contributed by atoms with Crippen molar-refractivity contribution in [3.63, 3.8) is 0 Å². The van der Waals surface area contributed by atoms with Gasteiger partial charge in [-0.3, -0.25) is 9.79 Å². The summed E-state index contributed by atoms with van der Waals surface area (Å²) in [6.07, 6.45) is 0. The van der Waals surface area contributed by atoms with Gasteiger partial charge in [0, 0.05) is 43.4 Å². The molecular weight excluding hydrogens is 465 g/mol. The highest BCUT2D eigenvalue weighted by Crippen LogP contribution is 2.21. The Kier molecular flexibility index (Phi) is 8.95. The molecule has 0 unspecified atom stereocenters. The molecule has 0 aromatic heterocycles. The summed E-state index contributed by atoms with van der Waals surface area (Å²) in [6.45, 7) is 10.3. The molecule has 0 aliphatic carbocycles. The number of nitrogens with two attached hydrogens (primary N) is 1. The maximum atomic E-state index is 11.5. The number of guanidine groups is 1. The highest BCUT2D eigenvalue weighted by atomic mass is 127. The van der Waals surface area contributed by atoms with Crippen molar-refractivity contribution in [2.24, 2.45) is 16.1 Å². The summed E-state index contributed by atoms with van der Waals surface area (Å²) < 4.78 is 0. The van der Waals surface area contributed by atoms with Gasteiger partial charge in [-0.05, 0) is 39.0 Å². The average Bonchev–Trinajstić information content (AvgIpc) is 2.58. The number of rotatable bonds is 5. The van der Waals surface area contributed by atoms with Crippen LogP contribution < -0.4 is 16.0 Å². The Morgan fingerprint density at radius 3 is 2.50 bits per heavy atom. The number of hydrogen-bond donors (Lipinski definition) is 2. The van der Waals surface area contributed by atoms with Crippen LogP contribution in [0.2, 0.25) is 5.02 Å². The minimum Gasteiger partial charge on any atom is -0.369 e. The van der Waals surface area contributed by atoms with E-state index in [0.717, 1.165) is 49.4 Å². The second-order valence-electron chi connectivity index (χ2n) is 6.87. The number of halogens is 2. The lowest BCUT2D eigenvalue weighted by Crippen LogP contribution is -2.53. The summed E-state index contributed by atoms with van der Waals surface area (Å²) in [6, 6.07) is 7.93. The molecule has 3 N–H and O–H groups in total. The molecule has 1 heterocycles. The molecule has 1 amide bonds. The van der Waals surface area contributed by atoms with E-state index in [0.29, 0.717) is 6.54 Å². The molecule has 8 heteroatoms. The van der Waals surface area contributed by atoms with Crippen molar-refractivity contribution in [3.8, 4) is 0 Å². The first kappa shape index (κ1) is 22.8. The summed E-state index contributed by atoms with van der Waals surface area (Å²) in [7, 11) is 0. The molecule has 1 aliphatic rings. The number of amides is 1. The van der Waals surface area contributed by atoms with E-state index < -0.39 is 5.41 Å². The van der Waals surface area contributed by atoms with Crippen LogP contribution in [0.4, 0.5) is 5.69 Å². The minimum absolute atomic E-state index is 0. The fourth-order valence-electron chi connectivity index (χ4n) is 2.63. The zero-order chi connectivity index (χ0) is 18.4. The van der Waals surface area contributed by atoms with E-state index in [1.807, 2.05) is 39.0 Å². The molecule has 1 aromatic rings. The van der Waals surface area contributed by atoms with Crippen molar-refractivity contribution in [1.29, 1.82) is 0 Å². The zero-order valence-electron chi connectivity index (χ0n) is 15.7. The predicted octanol–water partition coefficient (Wildman–Crippen LogP) is 2.56. The van der Waals surface area contributed by atoms with Gasteiger partial charge < -0.3 is 20.9 Å². The van der Waals surface area contributed by atoms with Crippen molar-refractivity contribution >= 4 is 53.1 Å². The number of anilines is 1. The first-order chi connectivity index (χ1) is 11.8. The second kappa shape index (κ2) is 10.2. The Labute approximate surface area is 178 Å². The molecule has 26 heavy (non-hydrogen) atoms. The Morgan fingerprint density at radius 1 is 1.31 bits per heavy atom. The van der Waals surface area contributed by atoms with E-state index in [4.69, 9.17) is 17.3 Å². The zero-order valence-corrected chi connectivity index (χ0v) is 18.8. The van der Waals surface area contributed by atoms with Crippen LogP contribution in [0.25, 0.3) is 0 Å². The molecule has 1 aromatic carbocycles. The molecule has 1 fully saturated rings. The van der Waals surface area contributed by atoms with Gasteiger partial charge in [-0.1, -0.05) is 17.7 Å². The third-order valence-corrected chi connectivity index (χ3v) is 4.61. The topological polar surface area (TPSA) is 74.0 Å². The smallest absolute Gasteiger partial charge is 0.224 e. The summed E-state index contributed by atoms with van der Waals surface area (Å²) in [5.41, 5.74) is 5.94. The third-order valence-electron chi connectivity index (χ3n) is 4.38. The van der Waals surface area contributed by atoms with E-state index in [9.17, 15) is 4.79 Å². The van der Waals surface area contributed by atoms with Crippen molar-refractivity contribution in [1.82, 2.24) is 10.2 Å². The largest absolute Gasteiger partial charge is 0.369 e. The first-order valence-electron chi connectivity index (χ1n) is 8.67. The summed E-state index contributed by atoms with van der Waals surface area (Å²) in [4.78, 5) is 20.7. The van der Waals surface area contributed by atoms with Gasteiger partial charge in [-0.25, -0.2) is 0 Å². The summed E-state index contributed by atoms with van der Waals surface area (Å²) >= 11 is 6.09. The molecule has 146 valence electrons. The SMILES string of the molecule is CCNC(=NCC(C)(C)C(N)=O)N1CCN(c2cccc(Cl)c2)CC1.I. The second-order valence-corrected chi connectivity index (χ2v) is 7.31. The lowest BCUT2D eigenvalue weighted by atomic mass is 9.93. The van der Waals surface area contributed by atoms with Crippen molar-refractivity contribution in [2.75, 3.05) is 44.2 Å². The van der Waals surface area contributed by atoms with Gasteiger partial charge in [0.05, 0.1) is 12.0 Å². The Morgan fingerprint density at radius 2 is 1.96 bits per heavy atom. The van der Waals surface area contributed by atoms with E-state index in [1.165, 1.54) is 0 Å². The van der Waals surface area contributed by atoms with E-state index in [-0.39, 0.29) is 29.9 Å². The molecule has 1 saturated heterocycles. The van der Waals surface area contributed by atoms with Crippen molar-refractivity contribution in [3.05, 3.63) is 29.3 Å². The summed E-state index contributed by atoms with van der Waals surface area (Å²) in [5.74, 6) is 0.500. The third kappa shape index (κ3) is 6.19. The molecule has 6 nitrogen and oxygen atoms in total. The van der Waals surface area contributed by atoms with Gasteiger partial charge in [-0.2, -0.15) is 0 Å². The maximum absolute atomic E-state index is 11.5. The van der Waals surface area contributed by atoms with E-state index >= 15 is 0 Å². The van der Waals surface area contributed by atoms with Gasteiger partial charge in [0.25, 0.3) is 0 Å². The van der Waals surface area contributed by atoms with Crippen LogP contribution in [0.1, 0.15) is 20.8 Å². The maximum Gasteiger partial charge on any atom is 0.224 e. The van der Waals surface area contributed by atoms with Gasteiger partial charge >= 0.3 is 0 Å². The van der Waals surface area contributed by atoms with Crippen molar-refractivity contribution in [2.45, 2.75) is 20.8 Å². The average molecular weight is 494 g/mol. The fourth-order valence-corrected chi connectivity index (χ4v) is 2.81. The molecule has 0 bridgehead atoms. The molecular formula is C18H29ClIN5O. The highest BCUT2D eigenvalue weighted by Gasteiger charge is 2.26. The number of nitrogens with one attached hydrogen (secondary N) is 1. The van der Waals surface area contributed by atoms with Crippen LogP contribution in [0.15, 0.2) is 29.3 Å². The Balaban J connectivity index is 0.00000338. The number of primary amides is 1. The van der Waals surface area contributed by atoms with Gasteiger partial charge in [0.15, 0.2) is 5.96 Å². The number of benzene rings is 1. The quantitative estimate of drug-likeness (QED) is 0.376. The normalized spacial score (nSPS) is 15.5. The Hall–Kier alpha value is -1.22. The van der Waals surface area contributed by atoms with Gasteiger partial charge in [-0.15, -0.1) is 24.0 Å². The molecule has 2 rings (SSSR count). The Bertz CT molecular complexity index is 630. The fraction of sp³-hybridized carbons (Fsp3) is 0.556. The first-order valence-corrected chi connectivity index (χ1v) is 9.05. The van der Waals surface area contributed by atoms with Crippen LogP contribution in [0.3, 0.4) is 0 Å². The molecule has 0 atom stereocenters. The van der Waals surface area contributed by atoms with Crippen LogP contribution in [-0.2, 0) is 4.79 Å². The lowest BCUT2D eigenvalue weighted by molar-refractivity contribution is -0.125. The van der Waals surface area contributed by atoms with Crippen LogP contribution >= 0.6 is 35.6 Å². The number of nitrogens with zero attached hydrogens (tertiary/aromatic N) is 3. The number of hydrogen-bond acceptors (Lipinski definition) is 3. The number of aliphatic imine (C=N–C) groups is 1.